The lowest BCUT2D eigenvalue weighted by Gasteiger charge is -2.28. The molecule has 158 valence electrons. The van der Waals surface area contributed by atoms with Gasteiger partial charge in [-0.1, -0.05) is 25.3 Å². The molecule has 0 heterocycles. The highest BCUT2D eigenvalue weighted by molar-refractivity contribution is 5.81. The van der Waals surface area contributed by atoms with Crippen molar-refractivity contribution in [2.45, 2.75) is 63.4 Å². The van der Waals surface area contributed by atoms with Crippen LogP contribution in [0.2, 0.25) is 0 Å². The zero-order valence-corrected chi connectivity index (χ0v) is 17.1. The Balaban J connectivity index is 1.59. The number of carbonyl (C=O) groups excluding carboxylic acids is 2. The summed E-state index contributed by atoms with van der Waals surface area (Å²) in [6, 6.07) is 8.36. The standard InChI is InChI=1S/C24H32O5/c1-3-23(25)28-18-8-6-5-7-17-27-21-13-9-19(10-14-21)20-11-15-22(16-12-20)29-24(26)4-2/h3-4,9-10,13-14,20,22H,1-2,5-8,11-12,15-18H2. The van der Waals surface area contributed by atoms with Gasteiger partial charge in [0.15, 0.2) is 0 Å². The number of benzene rings is 1. The van der Waals surface area contributed by atoms with Crippen LogP contribution in [-0.4, -0.2) is 31.3 Å². The first-order valence-electron chi connectivity index (χ1n) is 10.5. The van der Waals surface area contributed by atoms with E-state index in [1.54, 1.807) is 0 Å². The number of hydrogen-bond donors (Lipinski definition) is 0. The molecule has 0 unspecified atom stereocenters. The van der Waals surface area contributed by atoms with Crippen LogP contribution in [0, 0.1) is 0 Å². The molecule has 0 saturated heterocycles. The number of ether oxygens (including phenoxy) is 3. The highest BCUT2D eigenvalue weighted by Crippen LogP contribution is 2.34. The van der Waals surface area contributed by atoms with Crippen molar-refractivity contribution in [1.29, 1.82) is 0 Å². The Labute approximate surface area is 173 Å². The van der Waals surface area contributed by atoms with Crippen molar-refractivity contribution in [3.05, 3.63) is 55.1 Å². The first-order valence-corrected chi connectivity index (χ1v) is 10.5. The third kappa shape index (κ3) is 8.55. The van der Waals surface area contributed by atoms with E-state index >= 15 is 0 Å². The van der Waals surface area contributed by atoms with Crippen LogP contribution in [0.1, 0.15) is 62.8 Å². The molecular formula is C24H32O5. The topological polar surface area (TPSA) is 61.8 Å². The fourth-order valence-electron chi connectivity index (χ4n) is 3.54. The zero-order chi connectivity index (χ0) is 20.9. The van der Waals surface area contributed by atoms with E-state index in [0.717, 1.165) is 57.1 Å². The summed E-state index contributed by atoms with van der Waals surface area (Å²) in [4.78, 5) is 22.2. The van der Waals surface area contributed by atoms with Crippen molar-refractivity contribution in [3.63, 3.8) is 0 Å². The molecular weight excluding hydrogens is 368 g/mol. The Bertz CT molecular complexity index is 656. The summed E-state index contributed by atoms with van der Waals surface area (Å²) in [7, 11) is 0. The van der Waals surface area contributed by atoms with Crippen LogP contribution in [0.25, 0.3) is 0 Å². The molecule has 5 heteroatoms. The highest BCUT2D eigenvalue weighted by Gasteiger charge is 2.24. The van der Waals surface area contributed by atoms with Gasteiger partial charge in [0.25, 0.3) is 0 Å². The van der Waals surface area contributed by atoms with E-state index in [0.29, 0.717) is 19.1 Å². The fourth-order valence-corrected chi connectivity index (χ4v) is 3.54. The highest BCUT2D eigenvalue weighted by atomic mass is 16.5. The molecule has 2 rings (SSSR count). The lowest BCUT2D eigenvalue weighted by molar-refractivity contribution is -0.144. The number of rotatable bonds is 12. The second-order valence-electron chi connectivity index (χ2n) is 7.32. The molecule has 0 N–H and O–H groups in total. The van der Waals surface area contributed by atoms with Gasteiger partial charge in [-0.15, -0.1) is 0 Å². The molecule has 0 atom stereocenters. The number of hydrogen-bond acceptors (Lipinski definition) is 5. The van der Waals surface area contributed by atoms with E-state index < -0.39 is 0 Å². The minimum Gasteiger partial charge on any atom is -0.494 e. The summed E-state index contributed by atoms with van der Waals surface area (Å²) < 4.78 is 16.1. The van der Waals surface area contributed by atoms with E-state index in [1.807, 2.05) is 12.1 Å². The van der Waals surface area contributed by atoms with Crippen molar-refractivity contribution < 1.29 is 23.8 Å². The van der Waals surface area contributed by atoms with E-state index in [2.05, 4.69) is 25.3 Å². The van der Waals surface area contributed by atoms with Crippen LogP contribution in [0.3, 0.4) is 0 Å². The minimum absolute atomic E-state index is 0.0217. The molecule has 0 aliphatic heterocycles. The Morgan fingerprint density at radius 3 is 2.10 bits per heavy atom. The summed E-state index contributed by atoms with van der Waals surface area (Å²) in [5.74, 6) is 0.715. The first-order chi connectivity index (χ1) is 14.1. The van der Waals surface area contributed by atoms with Gasteiger partial charge in [0.1, 0.15) is 11.9 Å². The van der Waals surface area contributed by atoms with Crippen molar-refractivity contribution in [1.82, 2.24) is 0 Å². The molecule has 0 bridgehead atoms. The summed E-state index contributed by atoms with van der Waals surface area (Å²) in [6.45, 7) is 7.95. The Morgan fingerprint density at radius 2 is 1.48 bits per heavy atom. The molecule has 1 aromatic carbocycles. The van der Waals surface area contributed by atoms with E-state index in [9.17, 15) is 9.59 Å². The van der Waals surface area contributed by atoms with Crippen LogP contribution < -0.4 is 4.74 Å². The molecule has 0 aromatic heterocycles. The first kappa shape index (κ1) is 22.7. The SMILES string of the molecule is C=CC(=O)OCCCCCCOc1ccc(C2CCC(OC(=O)C=C)CC2)cc1. The molecule has 1 aliphatic carbocycles. The third-order valence-electron chi connectivity index (χ3n) is 5.19. The van der Waals surface area contributed by atoms with Crippen LogP contribution in [0.15, 0.2) is 49.6 Å². The van der Waals surface area contributed by atoms with Gasteiger partial charge < -0.3 is 14.2 Å². The van der Waals surface area contributed by atoms with Gasteiger partial charge in [0.2, 0.25) is 0 Å². The van der Waals surface area contributed by atoms with Crippen LogP contribution >= 0.6 is 0 Å². The summed E-state index contributed by atoms with van der Waals surface area (Å²) in [5, 5.41) is 0. The molecule has 0 amide bonds. The summed E-state index contributed by atoms with van der Waals surface area (Å²) in [6.07, 6.45) is 10.2. The lowest BCUT2D eigenvalue weighted by atomic mass is 9.83. The summed E-state index contributed by atoms with van der Waals surface area (Å²) in [5.41, 5.74) is 1.32. The van der Waals surface area contributed by atoms with Gasteiger partial charge in [-0.25, -0.2) is 9.59 Å². The van der Waals surface area contributed by atoms with Crippen molar-refractivity contribution in [3.8, 4) is 5.75 Å². The molecule has 29 heavy (non-hydrogen) atoms. The van der Waals surface area contributed by atoms with Gasteiger partial charge in [0, 0.05) is 12.2 Å². The second-order valence-corrected chi connectivity index (χ2v) is 7.32. The molecule has 1 fully saturated rings. The van der Waals surface area contributed by atoms with E-state index in [-0.39, 0.29) is 18.0 Å². The largest absolute Gasteiger partial charge is 0.494 e. The van der Waals surface area contributed by atoms with Crippen molar-refractivity contribution in [2.24, 2.45) is 0 Å². The molecule has 1 saturated carbocycles. The van der Waals surface area contributed by atoms with Crippen LogP contribution in [-0.2, 0) is 19.1 Å². The normalized spacial score (nSPS) is 18.5. The van der Waals surface area contributed by atoms with Crippen molar-refractivity contribution >= 4 is 11.9 Å². The monoisotopic (exact) mass is 400 g/mol. The van der Waals surface area contributed by atoms with Crippen LogP contribution in [0.5, 0.6) is 5.75 Å². The maximum absolute atomic E-state index is 11.3. The lowest BCUT2D eigenvalue weighted by Crippen LogP contribution is -2.23. The number of esters is 2. The molecule has 1 aliphatic rings. The smallest absolute Gasteiger partial charge is 0.330 e. The van der Waals surface area contributed by atoms with Gasteiger partial charge in [-0.05, 0) is 75.0 Å². The minimum atomic E-state index is -0.360. The molecule has 1 aromatic rings. The molecule has 5 nitrogen and oxygen atoms in total. The average Bonchev–Trinajstić information content (AvgIpc) is 2.76. The molecule has 0 radical (unpaired) electrons. The van der Waals surface area contributed by atoms with E-state index in [4.69, 9.17) is 14.2 Å². The number of carbonyl (C=O) groups is 2. The predicted octanol–water partition coefficient (Wildman–Crippen LogP) is 5.11. The quantitative estimate of drug-likeness (QED) is 0.277. The third-order valence-corrected chi connectivity index (χ3v) is 5.19. The van der Waals surface area contributed by atoms with E-state index in [1.165, 1.54) is 17.7 Å². The Kier molecular flexibility index (Phi) is 10.0. The van der Waals surface area contributed by atoms with Gasteiger partial charge in [-0.3, -0.25) is 0 Å². The zero-order valence-electron chi connectivity index (χ0n) is 17.1. The van der Waals surface area contributed by atoms with Crippen LogP contribution in [0.4, 0.5) is 0 Å². The van der Waals surface area contributed by atoms with Gasteiger partial charge in [-0.2, -0.15) is 0 Å². The maximum Gasteiger partial charge on any atom is 0.330 e. The fraction of sp³-hybridized carbons (Fsp3) is 0.500. The number of unbranched alkanes of at least 4 members (excludes halogenated alkanes) is 3. The average molecular weight is 401 g/mol. The van der Waals surface area contributed by atoms with Crippen molar-refractivity contribution in [2.75, 3.05) is 13.2 Å². The second kappa shape index (κ2) is 12.8. The molecule has 0 spiro atoms. The Morgan fingerprint density at radius 1 is 0.862 bits per heavy atom. The van der Waals surface area contributed by atoms with Gasteiger partial charge >= 0.3 is 11.9 Å². The van der Waals surface area contributed by atoms with Gasteiger partial charge in [0.05, 0.1) is 13.2 Å². The predicted molar refractivity (Wildman–Crippen MR) is 113 cm³/mol. The summed E-state index contributed by atoms with van der Waals surface area (Å²) >= 11 is 0. The Hall–Kier alpha value is -2.56. The maximum atomic E-state index is 11.3.